The van der Waals surface area contributed by atoms with E-state index in [0.29, 0.717) is 25.8 Å². The van der Waals surface area contributed by atoms with Crippen molar-refractivity contribution >= 4 is 17.8 Å². The highest BCUT2D eigenvalue weighted by Crippen LogP contribution is 2.59. The molecule has 0 saturated carbocycles. The fraction of sp³-hybridized carbons (Fsp3) is 0.577. The number of hydrogen-bond acceptors (Lipinski definition) is 5. The minimum absolute atomic E-state index is 0.166. The zero-order valence-electron chi connectivity index (χ0n) is 19.8. The van der Waals surface area contributed by atoms with Gasteiger partial charge in [-0.05, 0) is 30.7 Å². The lowest BCUT2D eigenvalue weighted by Crippen LogP contribution is -2.58. The first-order chi connectivity index (χ1) is 16.2. The molecule has 3 fully saturated rings. The molecule has 1 aromatic carbocycles. The number of nitrogens with zero attached hydrogens (tertiary/aromatic N) is 2. The van der Waals surface area contributed by atoms with Crippen LogP contribution in [0.2, 0.25) is 0 Å². The third kappa shape index (κ3) is 3.92. The number of carbonyl (C=O) groups is 3. The highest BCUT2D eigenvalue weighted by molar-refractivity contribution is 5.98. The van der Waals surface area contributed by atoms with Gasteiger partial charge in [0.1, 0.15) is 11.6 Å². The third-order valence-electron chi connectivity index (χ3n) is 7.48. The summed E-state index contributed by atoms with van der Waals surface area (Å²) in [4.78, 5) is 43.2. The monoisotopic (exact) mass is 470 g/mol. The molecule has 2 bridgehead atoms. The fourth-order valence-electron chi connectivity index (χ4n) is 6.23. The largest absolute Gasteiger partial charge is 0.481 e. The lowest BCUT2D eigenvalue weighted by Gasteiger charge is -2.39. The molecule has 3 heterocycles. The summed E-state index contributed by atoms with van der Waals surface area (Å²) in [5.74, 6) is -3.52. The number of aliphatic hydroxyl groups is 1. The smallest absolute Gasteiger partial charge is 0.310 e. The highest BCUT2D eigenvalue weighted by Gasteiger charge is 2.75. The van der Waals surface area contributed by atoms with Crippen molar-refractivity contribution in [1.29, 1.82) is 0 Å². The summed E-state index contributed by atoms with van der Waals surface area (Å²) >= 11 is 0. The van der Waals surface area contributed by atoms with Crippen LogP contribution in [0.3, 0.4) is 0 Å². The zero-order chi connectivity index (χ0) is 24.6. The lowest BCUT2D eigenvalue weighted by molar-refractivity contribution is -0.153. The van der Waals surface area contributed by atoms with Crippen LogP contribution in [-0.4, -0.2) is 74.7 Å². The van der Waals surface area contributed by atoms with E-state index in [1.54, 1.807) is 11.0 Å². The minimum atomic E-state index is -1.19. The molecule has 34 heavy (non-hydrogen) atoms. The molecule has 0 unspecified atom stereocenters. The second-order valence-corrected chi connectivity index (χ2v) is 10.1. The first-order valence-electron chi connectivity index (χ1n) is 12.0. The Bertz CT molecular complexity index is 950. The molecule has 2 N–H and O–H groups in total. The van der Waals surface area contributed by atoms with E-state index in [9.17, 15) is 24.6 Å². The van der Waals surface area contributed by atoms with Crippen LogP contribution >= 0.6 is 0 Å². The Hall–Kier alpha value is -2.71. The van der Waals surface area contributed by atoms with Gasteiger partial charge in [-0.3, -0.25) is 14.4 Å². The normalized spacial score (nSPS) is 30.5. The summed E-state index contributed by atoms with van der Waals surface area (Å²) in [6.07, 6.45) is 2.49. The van der Waals surface area contributed by atoms with Crippen LogP contribution in [0.5, 0.6) is 0 Å². The fourth-order valence-corrected chi connectivity index (χ4v) is 6.23. The van der Waals surface area contributed by atoms with Crippen molar-refractivity contribution in [2.75, 3.05) is 13.2 Å². The molecule has 1 aromatic rings. The van der Waals surface area contributed by atoms with Crippen LogP contribution in [0, 0.1) is 17.8 Å². The molecule has 1 spiro atoms. The van der Waals surface area contributed by atoms with Crippen molar-refractivity contribution in [3.05, 3.63) is 48.6 Å². The molecule has 4 rings (SSSR count). The van der Waals surface area contributed by atoms with Gasteiger partial charge in [-0.25, -0.2) is 0 Å². The van der Waals surface area contributed by atoms with Gasteiger partial charge in [0.25, 0.3) is 0 Å². The molecule has 8 heteroatoms. The van der Waals surface area contributed by atoms with Crippen molar-refractivity contribution in [1.82, 2.24) is 9.80 Å². The van der Waals surface area contributed by atoms with Gasteiger partial charge < -0.3 is 24.7 Å². The van der Waals surface area contributed by atoms with Gasteiger partial charge in [-0.1, -0.05) is 50.3 Å². The van der Waals surface area contributed by atoms with Gasteiger partial charge >= 0.3 is 5.97 Å². The van der Waals surface area contributed by atoms with Crippen LogP contribution in [0.25, 0.3) is 0 Å². The average Bonchev–Trinajstić information content (AvgIpc) is 3.44. The number of aliphatic hydroxyl groups excluding tert-OH is 1. The number of likely N-dealkylation sites (tertiary alicyclic amines) is 1. The van der Waals surface area contributed by atoms with Gasteiger partial charge in [0, 0.05) is 13.1 Å². The number of carboxylic acid groups (broad SMARTS) is 1. The van der Waals surface area contributed by atoms with Crippen LogP contribution in [0.15, 0.2) is 43.0 Å². The SMILES string of the molecule is C=CCN(Cc1ccccc1)C(=O)[C@H]1N([C@@H](CO)CC(C)C)C(=O)[C@@H]2[C@@H](C(=O)O)[C@H]3CC[C@]21O3. The van der Waals surface area contributed by atoms with Crippen LogP contribution < -0.4 is 0 Å². The maximum absolute atomic E-state index is 14.2. The third-order valence-corrected chi connectivity index (χ3v) is 7.48. The molecule has 0 radical (unpaired) electrons. The van der Waals surface area contributed by atoms with Crippen molar-refractivity contribution in [3.8, 4) is 0 Å². The summed E-state index contributed by atoms with van der Waals surface area (Å²) in [5, 5.41) is 20.2. The van der Waals surface area contributed by atoms with Crippen molar-refractivity contribution < 1.29 is 29.3 Å². The summed E-state index contributed by atoms with van der Waals surface area (Å²) < 4.78 is 6.27. The van der Waals surface area contributed by atoms with Crippen molar-refractivity contribution in [2.45, 2.75) is 63.4 Å². The van der Waals surface area contributed by atoms with Crippen LogP contribution in [-0.2, 0) is 25.7 Å². The van der Waals surface area contributed by atoms with E-state index in [2.05, 4.69) is 6.58 Å². The summed E-state index contributed by atoms with van der Waals surface area (Å²) in [6.45, 7) is 8.06. The molecule has 8 nitrogen and oxygen atoms in total. The number of rotatable bonds is 10. The Kier molecular flexibility index (Phi) is 6.82. The molecule has 184 valence electrons. The number of carboxylic acids is 1. The summed E-state index contributed by atoms with van der Waals surface area (Å²) in [5.41, 5.74) is -0.258. The van der Waals surface area contributed by atoms with Gasteiger partial charge in [-0.2, -0.15) is 0 Å². The second kappa shape index (κ2) is 9.50. The van der Waals surface area contributed by atoms with E-state index < -0.39 is 47.5 Å². The van der Waals surface area contributed by atoms with E-state index in [1.807, 2.05) is 44.2 Å². The first-order valence-corrected chi connectivity index (χ1v) is 12.0. The average molecular weight is 471 g/mol. The molecule has 0 aromatic heterocycles. The first kappa shape index (κ1) is 24.4. The Labute approximate surface area is 200 Å². The maximum atomic E-state index is 14.2. The summed E-state index contributed by atoms with van der Waals surface area (Å²) in [6, 6.07) is 7.97. The number of aliphatic carboxylic acids is 1. The van der Waals surface area contributed by atoms with Gasteiger partial charge in [0.2, 0.25) is 11.8 Å². The number of amides is 2. The molecule has 3 saturated heterocycles. The second-order valence-electron chi connectivity index (χ2n) is 10.1. The number of ether oxygens (including phenoxy) is 1. The Morgan fingerprint density at radius 1 is 1.32 bits per heavy atom. The van der Waals surface area contributed by atoms with E-state index in [4.69, 9.17) is 4.74 Å². The minimum Gasteiger partial charge on any atom is -0.481 e. The van der Waals surface area contributed by atoms with E-state index >= 15 is 0 Å². The summed E-state index contributed by atoms with van der Waals surface area (Å²) in [7, 11) is 0. The molecule has 3 aliphatic rings. The van der Waals surface area contributed by atoms with Crippen molar-refractivity contribution in [2.24, 2.45) is 17.8 Å². The van der Waals surface area contributed by atoms with E-state index in [1.165, 1.54) is 4.90 Å². The predicted octanol–water partition coefficient (Wildman–Crippen LogP) is 2.07. The van der Waals surface area contributed by atoms with Gasteiger partial charge in [-0.15, -0.1) is 6.58 Å². The molecule has 2 amide bonds. The van der Waals surface area contributed by atoms with E-state index in [0.717, 1.165) is 5.56 Å². The Morgan fingerprint density at radius 2 is 2.03 bits per heavy atom. The van der Waals surface area contributed by atoms with Gasteiger partial charge in [0.05, 0.1) is 30.6 Å². The van der Waals surface area contributed by atoms with Crippen LogP contribution in [0.1, 0.15) is 38.7 Å². The van der Waals surface area contributed by atoms with Crippen molar-refractivity contribution in [3.63, 3.8) is 0 Å². The number of hydrogen-bond donors (Lipinski definition) is 2. The Morgan fingerprint density at radius 3 is 2.62 bits per heavy atom. The lowest BCUT2D eigenvalue weighted by atomic mass is 9.70. The van der Waals surface area contributed by atoms with E-state index in [-0.39, 0.29) is 25.0 Å². The number of benzene rings is 1. The standard InChI is InChI=1S/C26H34N2O6/c1-4-12-27(14-17-8-6-5-7-9-17)24(31)22-26-11-10-19(34-26)20(25(32)33)21(26)23(30)28(22)18(15-29)13-16(2)3/h4-9,16,18-22,29H,1,10-15H2,2-3H3,(H,32,33)/t18-,19-,20+,21+,22-,26+/m1/s1. The molecular weight excluding hydrogens is 436 g/mol. The molecular formula is C26H34N2O6. The molecule has 6 atom stereocenters. The zero-order valence-corrected chi connectivity index (χ0v) is 19.8. The predicted molar refractivity (Wildman–Crippen MR) is 124 cm³/mol. The quantitative estimate of drug-likeness (QED) is 0.507. The molecule has 3 aliphatic heterocycles. The maximum Gasteiger partial charge on any atom is 0.310 e. The Balaban J connectivity index is 1.77. The van der Waals surface area contributed by atoms with Crippen LogP contribution in [0.4, 0.5) is 0 Å². The number of fused-ring (bicyclic) bond motifs is 1. The number of carbonyl (C=O) groups excluding carboxylic acids is 2. The highest BCUT2D eigenvalue weighted by atomic mass is 16.5. The molecule has 0 aliphatic carbocycles. The van der Waals surface area contributed by atoms with Gasteiger partial charge in [0.15, 0.2) is 0 Å². The topological polar surface area (TPSA) is 107 Å².